The van der Waals surface area contributed by atoms with Crippen molar-refractivity contribution >= 4 is 17.8 Å². The second-order valence-electron chi connectivity index (χ2n) is 13.0. The van der Waals surface area contributed by atoms with Gasteiger partial charge in [0.1, 0.15) is 0 Å². The van der Waals surface area contributed by atoms with Crippen LogP contribution in [0.3, 0.4) is 0 Å². The van der Waals surface area contributed by atoms with Gasteiger partial charge >= 0.3 is 5.97 Å². The lowest BCUT2D eigenvalue weighted by molar-refractivity contribution is -0.197. The third-order valence-corrected chi connectivity index (χ3v) is 11.4. The molecule has 7 heteroatoms. The lowest BCUT2D eigenvalue weighted by Gasteiger charge is -2.62. The Kier molecular flexibility index (Phi) is 6.57. The average molecular weight is 490 g/mol. The van der Waals surface area contributed by atoms with Crippen LogP contribution in [0.4, 0.5) is 0 Å². The average Bonchev–Trinajstić information content (AvgIpc) is 3.32. The zero-order valence-corrected chi connectivity index (χ0v) is 21.6. The second-order valence-corrected chi connectivity index (χ2v) is 13.0. The van der Waals surface area contributed by atoms with Crippen LogP contribution >= 0.6 is 0 Å². The highest BCUT2D eigenvalue weighted by Gasteiger charge is 2.62. The molecule has 0 bridgehead atoms. The smallest absolute Gasteiger partial charge is 0.333 e. The molecule has 2 amide bonds. The number of aliphatic hydroxyl groups excluding tert-OH is 2. The van der Waals surface area contributed by atoms with Crippen LogP contribution in [0.15, 0.2) is 0 Å². The third kappa shape index (κ3) is 4.14. The minimum absolute atomic E-state index is 0.110. The molecule has 1 aliphatic heterocycles. The number of amides is 2. The molecule has 1 heterocycles. The summed E-state index contributed by atoms with van der Waals surface area (Å²) in [5.74, 6) is 1.21. The zero-order chi connectivity index (χ0) is 25.1. The Hall–Kier alpha value is -1.47. The van der Waals surface area contributed by atoms with Crippen LogP contribution in [0.25, 0.3) is 0 Å². The van der Waals surface area contributed by atoms with Gasteiger partial charge in [-0.25, -0.2) is 4.79 Å². The number of nitrogens with zero attached hydrogens (tertiary/aromatic N) is 1. The van der Waals surface area contributed by atoms with Crippen LogP contribution in [0.5, 0.6) is 0 Å². The lowest BCUT2D eigenvalue weighted by atomic mass is 9.43. The Morgan fingerprint density at radius 3 is 2.37 bits per heavy atom. The number of fused-ring (bicyclic) bond motifs is 5. The van der Waals surface area contributed by atoms with Gasteiger partial charge in [0, 0.05) is 19.3 Å². The molecule has 10 atom stereocenters. The molecule has 35 heavy (non-hydrogen) atoms. The van der Waals surface area contributed by atoms with Gasteiger partial charge in [0.25, 0.3) is 11.8 Å². The quantitative estimate of drug-likeness (QED) is 0.566. The van der Waals surface area contributed by atoms with E-state index < -0.39 is 17.8 Å². The molecule has 4 saturated carbocycles. The van der Waals surface area contributed by atoms with Crippen molar-refractivity contribution in [2.24, 2.45) is 46.3 Å². The van der Waals surface area contributed by atoms with Crippen molar-refractivity contribution in [1.29, 1.82) is 0 Å². The van der Waals surface area contributed by atoms with Gasteiger partial charge in [0.15, 0.2) is 0 Å². The molecule has 7 nitrogen and oxygen atoms in total. The van der Waals surface area contributed by atoms with E-state index in [-0.39, 0.29) is 42.3 Å². The number of carbonyl (C=O) groups is 3. The molecule has 1 saturated heterocycles. The van der Waals surface area contributed by atoms with Gasteiger partial charge in [-0.1, -0.05) is 20.8 Å². The maximum Gasteiger partial charge on any atom is 0.333 e. The summed E-state index contributed by atoms with van der Waals surface area (Å²) in [6.45, 7) is 7.08. The third-order valence-electron chi connectivity index (χ3n) is 11.4. The van der Waals surface area contributed by atoms with Crippen molar-refractivity contribution in [3.8, 4) is 0 Å². The number of hydroxylamine groups is 2. The SMILES string of the molecule is C[C@H](CCC(=O)ON1C(=O)CCC1=O)[C@H]1CC[C@H]2[C@@H]3[C@@H](O)C[C@@H]4C[C@H](O)CC[C@]4(C)[C@H]3CC[C@]12C. The summed E-state index contributed by atoms with van der Waals surface area (Å²) in [6, 6.07) is 0. The Morgan fingerprint density at radius 1 is 1.00 bits per heavy atom. The second kappa shape index (κ2) is 9.13. The van der Waals surface area contributed by atoms with E-state index in [0.717, 1.165) is 51.4 Å². The Morgan fingerprint density at radius 2 is 1.66 bits per heavy atom. The molecule has 0 aromatic rings. The van der Waals surface area contributed by atoms with Crippen molar-refractivity contribution in [2.75, 3.05) is 0 Å². The van der Waals surface area contributed by atoms with Gasteiger partial charge in [-0.3, -0.25) is 9.59 Å². The zero-order valence-electron chi connectivity index (χ0n) is 21.6. The number of hydrogen-bond donors (Lipinski definition) is 2. The standard InChI is InChI=1S/C28H43NO6/c1-16(4-9-25(34)35-29-23(32)7-8-24(29)33)19-5-6-20-26-21(11-13-28(19,20)3)27(2)12-10-18(30)14-17(27)15-22(26)31/h16-22,26,30-31H,4-15H2,1-3H3/t16-,17+,18-,19-,20+,21+,22+,26+,27+,28-/m1/s1. The van der Waals surface area contributed by atoms with Crippen molar-refractivity contribution in [1.82, 2.24) is 5.06 Å². The van der Waals surface area contributed by atoms with E-state index in [4.69, 9.17) is 4.84 Å². The van der Waals surface area contributed by atoms with E-state index in [1.54, 1.807) is 0 Å². The molecule has 5 fully saturated rings. The van der Waals surface area contributed by atoms with Crippen molar-refractivity contribution in [3.63, 3.8) is 0 Å². The molecule has 4 aliphatic carbocycles. The monoisotopic (exact) mass is 489 g/mol. The molecule has 0 aromatic carbocycles. The van der Waals surface area contributed by atoms with Crippen LogP contribution in [0.1, 0.15) is 97.8 Å². The first-order valence-electron chi connectivity index (χ1n) is 14.0. The topological polar surface area (TPSA) is 104 Å². The van der Waals surface area contributed by atoms with Gasteiger partial charge < -0.3 is 15.1 Å². The minimum Gasteiger partial charge on any atom is -0.393 e. The summed E-state index contributed by atoms with van der Waals surface area (Å²) < 4.78 is 0. The maximum atomic E-state index is 12.4. The van der Waals surface area contributed by atoms with E-state index in [1.165, 1.54) is 0 Å². The van der Waals surface area contributed by atoms with E-state index in [1.807, 2.05) is 0 Å². The van der Waals surface area contributed by atoms with Crippen LogP contribution in [0, 0.1) is 46.3 Å². The summed E-state index contributed by atoms with van der Waals surface area (Å²) in [5.41, 5.74) is 0.381. The molecule has 196 valence electrons. The van der Waals surface area contributed by atoms with Crippen LogP contribution < -0.4 is 0 Å². The van der Waals surface area contributed by atoms with Gasteiger partial charge in [-0.05, 0) is 104 Å². The van der Waals surface area contributed by atoms with Crippen molar-refractivity contribution in [2.45, 2.75) is 110 Å². The highest BCUT2D eigenvalue weighted by molar-refractivity contribution is 6.01. The molecule has 0 aromatic heterocycles. The summed E-state index contributed by atoms with van der Waals surface area (Å²) in [7, 11) is 0. The largest absolute Gasteiger partial charge is 0.393 e. The van der Waals surface area contributed by atoms with Crippen LogP contribution in [-0.4, -0.2) is 45.3 Å². The molecule has 5 aliphatic rings. The minimum atomic E-state index is -0.509. The predicted molar refractivity (Wildman–Crippen MR) is 128 cm³/mol. The summed E-state index contributed by atoms with van der Waals surface area (Å²) in [6.07, 6.45) is 8.77. The van der Waals surface area contributed by atoms with Gasteiger partial charge in [-0.2, -0.15) is 0 Å². The lowest BCUT2D eigenvalue weighted by Crippen LogP contribution is -2.58. The number of aliphatic hydroxyl groups is 2. The number of carbonyl (C=O) groups excluding carboxylic acids is 3. The Balaban J connectivity index is 1.23. The first-order chi connectivity index (χ1) is 16.5. The van der Waals surface area contributed by atoms with Gasteiger partial charge in [0.2, 0.25) is 0 Å². The predicted octanol–water partition coefficient (Wildman–Crippen LogP) is 4.00. The van der Waals surface area contributed by atoms with E-state index in [9.17, 15) is 24.6 Å². The van der Waals surface area contributed by atoms with Crippen molar-refractivity contribution in [3.05, 3.63) is 0 Å². The molecule has 0 radical (unpaired) electrons. The molecule has 0 unspecified atom stereocenters. The summed E-state index contributed by atoms with van der Waals surface area (Å²) in [4.78, 5) is 40.9. The number of rotatable bonds is 5. The fourth-order valence-corrected chi connectivity index (χ4v) is 9.53. The molecular weight excluding hydrogens is 446 g/mol. The van der Waals surface area contributed by atoms with Crippen LogP contribution in [0.2, 0.25) is 0 Å². The summed E-state index contributed by atoms with van der Waals surface area (Å²) >= 11 is 0. The molecular formula is C28H43NO6. The summed E-state index contributed by atoms with van der Waals surface area (Å²) in [5, 5.41) is 22.3. The number of hydrogen-bond acceptors (Lipinski definition) is 6. The number of imide groups is 1. The molecule has 2 N–H and O–H groups in total. The highest BCUT2D eigenvalue weighted by atomic mass is 16.7. The first-order valence-corrected chi connectivity index (χ1v) is 14.0. The fourth-order valence-electron chi connectivity index (χ4n) is 9.53. The van der Waals surface area contributed by atoms with Crippen molar-refractivity contribution < 1.29 is 29.4 Å². The first kappa shape index (κ1) is 25.2. The highest BCUT2D eigenvalue weighted by Crippen LogP contribution is 2.68. The van der Waals surface area contributed by atoms with E-state index >= 15 is 0 Å². The molecule has 5 rings (SSSR count). The maximum absolute atomic E-state index is 12.4. The van der Waals surface area contributed by atoms with E-state index in [2.05, 4.69) is 20.8 Å². The normalized spacial score (nSPS) is 46.1. The van der Waals surface area contributed by atoms with Crippen LogP contribution in [-0.2, 0) is 19.2 Å². The van der Waals surface area contributed by atoms with E-state index in [0.29, 0.717) is 47.0 Å². The molecule has 0 spiro atoms. The Labute approximate surface area is 208 Å². The van der Waals surface area contributed by atoms with Gasteiger partial charge in [0.05, 0.1) is 12.2 Å². The van der Waals surface area contributed by atoms with Gasteiger partial charge in [-0.15, -0.1) is 5.06 Å². The fraction of sp³-hybridized carbons (Fsp3) is 0.893. The Bertz CT molecular complexity index is 860.